The van der Waals surface area contributed by atoms with Crippen LogP contribution in [0.15, 0.2) is 24.3 Å². The molecule has 0 fully saturated rings. The van der Waals surface area contributed by atoms with Crippen molar-refractivity contribution in [3.63, 3.8) is 0 Å². The van der Waals surface area contributed by atoms with Gasteiger partial charge in [-0.1, -0.05) is 12.1 Å². The summed E-state index contributed by atoms with van der Waals surface area (Å²) < 4.78 is 0. The van der Waals surface area contributed by atoms with Crippen LogP contribution in [0, 0.1) is 0 Å². The number of carboxylic acid groups (broad SMARTS) is 2. The molecule has 0 heterocycles. The lowest BCUT2D eigenvalue weighted by Gasteiger charge is -2.25. The summed E-state index contributed by atoms with van der Waals surface area (Å²) in [6.07, 6.45) is 0.235. The lowest BCUT2D eigenvalue weighted by molar-refractivity contribution is -0.143. The number of hydrogen-bond acceptors (Lipinski definition) is 9. The molecule has 36 heavy (non-hydrogen) atoms. The van der Waals surface area contributed by atoms with Gasteiger partial charge in [0.2, 0.25) is 17.7 Å². The fraction of sp³-hybridized carbons (Fsp3) is 0.500. The zero-order valence-electron chi connectivity index (χ0n) is 19.6. The summed E-state index contributed by atoms with van der Waals surface area (Å²) in [6.45, 7) is -0.552. The van der Waals surface area contributed by atoms with Crippen molar-refractivity contribution in [2.45, 2.75) is 56.3 Å². The second kappa shape index (κ2) is 15.3. The second-order valence-corrected chi connectivity index (χ2v) is 8.06. The Bertz CT molecular complexity index is 910. The zero-order chi connectivity index (χ0) is 27.3. The van der Waals surface area contributed by atoms with Gasteiger partial charge >= 0.3 is 11.9 Å². The van der Waals surface area contributed by atoms with Gasteiger partial charge in [-0.15, -0.1) is 0 Å². The quantitative estimate of drug-likeness (QED) is 0.104. The van der Waals surface area contributed by atoms with Gasteiger partial charge in [0.05, 0.1) is 19.1 Å². The zero-order valence-corrected chi connectivity index (χ0v) is 19.6. The van der Waals surface area contributed by atoms with Crippen LogP contribution in [-0.2, 0) is 30.4 Å². The Morgan fingerprint density at radius 3 is 1.92 bits per heavy atom. The monoisotopic (exact) mass is 511 g/mol. The molecule has 0 radical (unpaired) electrons. The fourth-order valence-electron chi connectivity index (χ4n) is 3.13. The van der Waals surface area contributed by atoms with Crippen LogP contribution in [-0.4, -0.2) is 87.4 Å². The predicted octanol–water partition coefficient (Wildman–Crippen LogP) is -2.60. The van der Waals surface area contributed by atoms with Crippen LogP contribution >= 0.6 is 0 Å². The molecule has 14 nitrogen and oxygen atoms in total. The van der Waals surface area contributed by atoms with Crippen molar-refractivity contribution < 1.29 is 44.4 Å². The highest BCUT2D eigenvalue weighted by Gasteiger charge is 2.30. The normalized spacial score (nSPS) is 14.1. The van der Waals surface area contributed by atoms with E-state index in [0.29, 0.717) is 24.9 Å². The highest BCUT2D eigenvalue weighted by molar-refractivity contribution is 5.94. The number of nitrogens with two attached hydrogens (primary N) is 2. The molecule has 0 saturated carbocycles. The SMILES string of the molecule is NCCCCC(NC(=O)C(Cc1ccc(O)cc1)NC(=O)C(N)CC(=O)O)C(=O)NC(CO)C(=O)O. The first-order chi connectivity index (χ1) is 17.0. The number of hydrogen-bond donors (Lipinski definition) is 9. The Labute approximate surface area is 207 Å². The summed E-state index contributed by atoms with van der Waals surface area (Å²) in [5.74, 6) is -5.40. The van der Waals surface area contributed by atoms with E-state index in [4.69, 9.17) is 21.7 Å². The van der Waals surface area contributed by atoms with Crippen molar-refractivity contribution >= 4 is 29.7 Å². The molecule has 0 bridgehead atoms. The molecule has 4 unspecified atom stereocenters. The van der Waals surface area contributed by atoms with Crippen LogP contribution in [0.3, 0.4) is 0 Å². The number of unbranched alkanes of at least 4 members (excludes halogenated alkanes) is 1. The number of carbonyl (C=O) groups is 5. The second-order valence-electron chi connectivity index (χ2n) is 8.06. The summed E-state index contributed by atoms with van der Waals surface area (Å²) in [5.41, 5.74) is 11.6. The first-order valence-electron chi connectivity index (χ1n) is 11.2. The predicted molar refractivity (Wildman–Crippen MR) is 125 cm³/mol. The van der Waals surface area contributed by atoms with Gasteiger partial charge in [-0.25, -0.2) is 4.79 Å². The Kier molecular flexibility index (Phi) is 12.9. The maximum atomic E-state index is 13.1. The minimum atomic E-state index is -1.59. The number of carbonyl (C=O) groups excluding carboxylic acids is 3. The lowest BCUT2D eigenvalue weighted by atomic mass is 10.0. The van der Waals surface area contributed by atoms with Crippen LogP contribution < -0.4 is 27.4 Å². The number of phenolic OH excluding ortho intramolecular Hbond substituents is 1. The molecule has 0 aromatic heterocycles. The summed E-state index contributed by atoms with van der Waals surface area (Å²) in [5, 5.41) is 43.6. The topological polar surface area (TPSA) is 254 Å². The summed E-state index contributed by atoms with van der Waals surface area (Å²) in [6, 6.07) is 0.198. The van der Waals surface area contributed by atoms with Crippen molar-refractivity contribution in [1.29, 1.82) is 0 Å². The molecule has 4 atom stereocenters. The molecule has 14 heteroatoms. The minimum absolute atomic E-state index is 0.0271. The Balaban J connectivity index is 3.11. The van der Waals surface area contributed by atoms with Crippen molar-refractivity contribution in [3.8, 4) is 5.75 Å². The highest BCUT2D eigenvalue weighted by atomic mass is 16.4. The molecule has 0 aliphatic carbocycles. The van der Waals surface area contributed by atoms with Crippen LogP contribution in [0.5, 0.6) is 5.75 Å². The first kappa shape index (κ1) is 30.3. The Hall–Kier alpha value is -3.75. The molecule has 200 valence electrons. The van der Waals surface area contributed by atoms with Crippen LogP contribution in [0.1, 0.15) is 31.2 Å². The number of benzene rings is 1. The number of aliphatic hydroxyl groups excluding tert-OH is 1. The van der Waals surface area contributed by atoms with Crippen LogP contribution in [0.25, 0.3) is 0 Å². The van der Waals surface area contributed by atoms with E-state index in [1.807, 2.05) is 0 Å². The summed E-state index contributed by atoms with van der Waals surface area (Å²) in [7, 11) is 0. The van der Waals surface area contributed by atoms with Crippen LogP contribution in [0.2, 0.25) is 0 Å². The molecule has 1 rings (SSSR count). The number of aliphatic hydroxyl groups is 1. The van der Waals surface area contributed by atoms with E-state index in [-0.39, 0.29) is 18.6 Å². The van der Waals surface area contributed by atoms with Gasteiger partial charge in [-0.2, -0.15) is 0 Å². The third kappa shape index (κ3) is 10.7. The number of aliphatic carboxylic acids is 2. The maximum Gasteiger partial charge on any atom is 0.328 e. The average Bonchev–Trinajstić information content (AvgIpc) is 2.81. The molecular weight excluding hydrogens is 478 g/mol. The molecule has 3 amide bonds. The largest absolute Gasteiger partial charge is 0.508 e. The molecule has 11 N–H and O–H groups in total. The van der Waals surface area contributed by atoms with Gasteiger partial charge in [-0.05, 0) is 43.5 Å². The van der Waals surface area contributed by atoms with Gasteiger partial charge in [0, 0.05) is 6.42 Å². The van der Waals surface area contributed by atoms with Gasteiger partial charge < -0.3 is 47.8 Å². The third-order valence-electron chi connectivity index (χ3n) is 5.12. The molecule has 1 aromatic rings. The molecule has 0 aliphatic rings. The minimum Gasteiger partial charge on any atom is -0.508 e. The lowest BCUT2D eigenvalue weighted by Crippen LogP contribution is -2.58. The van der Waals surface area contributed by atoms with Gasteiger partial charge in [0.25, 0.3) is 0 Å². The van der Waals surface area contributed by atoms with Crippen molar-refractivity contribution in [1.82, 2.24) is 16.0 Å². The van der Waals surface area contributed by atoms with Crippen molar-refractivity contribution in [2.24, 2.45) is 11.5 Å². The Morgan fingerprint density at radius 2 is 1.39 bits per heavy atom. The first-order valence-corrected chi connectivity index (χ1v) is 11.2. The van der Waals surface area contributed by atoms with Crippen molar-refractivity contribution in [2.75, 3.05) is 13.2 Å². The number of amides is 3. The number of phenols is 1. The van der Waals surface area contributed by atoms with E-state index in [1.165, 1.54) is 24.3 Å². The van der Waals surface area contributed by atoms with Gasteiger partial charge in [0.15, 0.2) is 0 Å². The maximum absolute atomic E-state index is 13.1. The molecule has 0 aliphatic heterocycles. The van der Waals surface area contributed by atoms with Gasteiger partial charge in [-0.3, -0.25) is 19.2 Å². The highest BCUT2D eigenvalue weighted by Crippen LogP contribution is 2.12. The molecular formula is C22H33N5O9. The number of carboxylic acids is 2. The molecule has 1 aromatic carbocycles. The smallest absolute Gasteiger partial charge is 0.328 e. The van der Waals surface area contributed by atoms with E-state index in [1.54, 1.807) is 0 Å². The van der Waals surface area contributed by atoms with E-state index in [9.17, 15) is 34.2 Å². The summed E-state index contributed by atoms with van der Waals surface area (Å²) >= 11 is 0. The number of rotatable bonds is 16. The molecule has 0 spiro atoms. The third-order valence-corrected chi connectivity index (χ3v) is 5.12. The number of nitrogens with one attached hydrogen (secondary N) is 3. The molecule has 0 saturated heterocycles. The van der Waals surface area contributed by atoms with Crippen molar-refractivity contribution in [3.05, 3.63) is 29.8 Å². The van der Waals surface area contributed by atoms with Gasteiger partial charge in [0.1, 0.15) is 23.9 Å². The fourth-order valence-corrected chi connectivity index (χ4v) is 3.13. The van der Waals surface area contributed by atoms with E-state index in [0.717, 1.165) is 0 Å². The summed E-state index contributed by atoms with van der Waals surface area (Å²) in [4.78, 5) is 60.3. The number of aromatic hydroxyl groups is 1. The standard InChI is InChI=1S/C22H33N5O9/c23-8-2-1-3-15(20(33)27-17(11-28)22(35)36)25-21(34)16(9-12-4-6-13(29)7-5-12)26-19(32)14(24)10-18(30)31/h4-7,14-17,28-29H,1-3,8-11,23-24H2,(H,25,34)(H,26,32)(H,27,33)(H,30,31)(H,35,36). The van der Waals surface area contributed by atoms with Crippen LogP contribution in [0.4, 0.5) is 0 Å². The Morgan fingerprint density at radius 1 is 0.833 bits per heavy atom. The van der Waals surface area contributed by atoms with E-state index < -0.39 is 66.9 Å². The van der Waals surface area contributed by atoms with E-state index >= 15 is 0 Å². The average molecular weight is 512 g/mol. The van der Waals surface area contributed by atoms with E-state index in [2.05, 4.69) is 16.0 Å².